The molecular weight excluding hydrogens is 240 g/mol. The molecule has 2 aromatic rings. The van der Waals surface area contributed by atoms with Crippen molar-refractivity contribution in [2.24, 2.45) is 0 Å². The number of benzene rings is 1. The molecule has 5 nitrogen and oxygen atoms in total. The third-order valence-corrected chi connectivity index (χ3v) is 2.97. The van der Waals surface area contributed by atoms with Crippen molar-refractivity contribution in [2.45, 2.75) is 12.8 Å². The van der Waals surface area contributed by atoms with Crippen LogP contribution in [-0.2, 0) is 17.6 Å². The van der Waals surface area contributed by atoms with E-state index in [1.807, 2.05) is 24.3 Å². The summed E-state index contributed by atoms with van der Waals surface area (Å²) in [5.74, 6) is 0.523. The van der Waals surface area contributed by atoms with Crippen molar-refractivity contribution < 1.29 is 4.79 Å². The molecule has 0 saturated heterocycles. The molecule has 1 aromatic heterocycles. The van der Waals surface area contributed by atoms with E-state index in [1.54, 1.807) is 12.3 Å². The Morgan fingerprint density at radius 3 is 3.11 bits per heavy atom. The molecule has 0 atom stereocenters. The van der Waals surface area contributed by atoms with Crippen LogP contribution in [0.15, 0.2) is 30.5 Å². The Labute approximate surface area is 109 Å². The van der Waals surface area contributed by atoms with Gasteiger partial charge in [-0.3, -0.25) is 4.79 Å². The van der Waals surface area contributed by atoms with Crippen LogP contribution in [-0.4, -0.2) is 15.9 Å². The van der Waals surface area contributed by atoms with Gasteiger partial charge >= 0.3 is 0 Å². The molecule has 0 saturated carbocycles. The number of hydrogen-bond donors (Lipinski definition) is 1. The molecule has 1 aromatic carbocycles. The van der Waals surface area contributed by atoms with Gasteiger partial charge in [0.05, 0.1) is 24.6 Å². The van der Waals surface area contributed by atoms with Gasteiger partial charge in [0.15, 0.2) is 0 Å². The lowest BCUT2D eigenvalue weighted by Gasteiger charge is -2.04. The van der Waals surface area contributed by atoms with E-state index in [0.29, 0.717) is 12.2 Å². The van der Waals surface area contributed by atoms with Crippen LogP contribution in [0.1, 0.15) is 11.4 Å². The van der Waals surface area contributed by atoms with E-state index >= 15 is 0 Å². The third kappa shape index (κ3) is 2.16. The minimum absolute atomic E-state index is 0.0139. The van der Waals surface area contributed by atoms with Gasteiger partial charge in [-0.15, -0.1) is 0 Å². The lowest BCUT2D eigenvalue weighted by atomic mass is 10.1. The van der Waals surface area contributed by atoms with Crippen molar-refractivity contribution in [1.82, 2.24) is 9.97 Å². The summed E-state index contributed by atoms with van der Waals surface area (Å²) < 4.78 is 0. The summed E-state index contributed by atoms with van der Waals surface area (Å²) in [4.78, 5) is 19.7. The molecule has 1 aliphatic rings. The summed E-state index contributed by atoms with van der Waals surface area (Å²) in [6, 6.07) is 9.56. The molecule has 0 unspecified atom stereocenters. The zero-order chi connectivity index (χ0) is 13.2. The average Bonchev–Trinajstić information content (AvgIpc) is 2.78. The van der Waals surface area contributed by atoms with Crippen molar-refractivity contribution in [3.05, 3.63) is 41.9 Å². The molecule has 0 fully saturated rings. The highest BCUT2D eigenvalue weighted by molar-refractivity contribution is 5.99. The van der Waals surface area contributed by atoms with E-state index in [1.165, 1.54) is 0 Å². The van der Waals surface area contributed by atoms with Crippen LogP contribution in [0.2, 0.25) is 0 Å². The number of rotatable bonds is 2. The molecular formula is C14H10N4O. The molecule has 1 amide bonds. The lowest BCUT2D eigenvalue weighted by molar-refractivity contribution is -0.115. The highest BCUT2D eigenvalue weighted by Crippen LogP contribution is 2.28. The van der Waals surface area contributed by atoms with Crippen molar-refractivity contribution >= 4 is 11.6 Å². The van der Waals surface area contributed by atoms with Crippen LogP contribution in [0.25, 0.3) is 11.3 Å². The molecule has 92 valence electrons. The molecule has 2 heterocycles. The number of carbonyl (C=O) groups excluding carboxylic acids is 1. The largest absolute Gasteiger partial charge is 0.326 e. The van der Waals surface area contributed by atoms with Gasteiger partial charge in [-0.25, -0.2) is 9.97 Å². The van der Waals surface area contributed by atoms with Gasteiger partial charge in [-0.1, -0.05) is 6.07 Å². The smallest absolute Gasteiger partial charge is 0.228 e. The second kappa shape index (κ2) is 4.50. The molecule has 19 heavy (non-hydrogen) atoms. The normalized spacial score (nSPS) is 12.7. The van der Waals surface area contributed by atoms with Gasteiger partial charge in [-0.05, 0) is 23.8 Å². The third-order valence-electron chi connectivity index (χ3n) is 2.97. The molecule has 3 rings (SSSR count). The van der Waals surface area contributed by atoms with E-state index < -0.39 is 0 Å². The zero-order valence-electron chi connectivity index (χ0n) is 10.1. The standard InChI is InChI=1S/C14H10N4O/c15-5-3-13-16-6-4-12(17-13)9-1-2-11-10(7-9)8-14(19)18-11/h1-2,4,6-7H,3,8H2,(H,18,19). The number of aromatic nitrogens is 2. The number of fused-ring (bicyclic) bond motifs is 1. The van der Waals surface area contributed by atoms with E-state index in [0.717, 1.165) is 22.5 Å². The van der Waals surface area contributed by atoms with Gasteiger partial charge < -0.3 is 5.32 Å². The first-order chi connectivity index (χ1) is 9.26. The maximum Gasteiger partial charge on any atom is 0.228 e. The van der Waals surface area contributed by atoms with Crippen molar-refractivity contribution in [3.8, 4) is 17.3 Å². The summed E-state index contributed by atoms with van der Waals surface area (Å²) in [5.41, 5.74) is 3.53. The maximum atomic E-state index is 11.3. The summed E-state index contributed by atoms with van der Waals surface area (Å²) >= 11 is 0. The Balaban J connectivity index is 1.99. The summed E-state index contributed by atoms with van der Waals surface area (Å²) in [5, 5.41) is 11.5. The van der Waals surface area contributed by atoms with Crippen LogP contribution in [0.5, 0.6) is 0 Å². The number of hydrogen-bond acceptors (Lipinski definition) is 4. The van der Waals surface area contributed by atoms with E-state index in [4.69, 9.17) is 5.26 Å². The first kappa shape index (κ1) is 11.4. The number of nitrogens with zero attached hydrogens (tertiary/aromatic N) is 3. The lowest BCUT2D eigenvalue weighted by Crippen LogP contribution is -2.03. The van der Waals surface area contributed by atoms with Gasteiger partial charge in [0.25, 0.3) is 0 Å². The maximum absolute atomic E-state index is 11.3. The second-order valence-electron chi connectivity index (χ2n) is 4.29. The Kier molecular flexibility index (Phi) is 2.69. The topological polar surface area (TPSA) is 78.7 Å². The summed E-state index contributed by atoms with van der Waals surface area (Å²) in [6.07, 6.45) is 2.24. The Bertz CT molecular complexity index is 703. The first-order valence-corrected chi connectivity index (χ1v) is 5.88. The SMILES string of the molecule is N#CCc1nccc(-c2ccc3c(c2)CC(=O)N3)n1. The number of nitrogens with one attached hydrogen (secondary N) is 1. The monoisotopic (exact) mass is 250 g/mol. The predicted octanol–water partition coefficient (Wildman–Crippen LogP) is 1.70. The first-order valence-electron chi connectivity index (χ1n) is 5.88. The molecule has 1 aliphatic heterocycles. The Hall–Kier alpha value is -2.74. The van der Waals surface area contributed by atoms with Crippen molar-refractivity contribution in [3.63, 3.8) is 0 Å². The fourth-order valence-corrected chi connectivity index (χ4v) is 2.10. The van der Waals surface area contributed by atoms with E-state index in [-0.39, 0.29) is 12.3 Å². The highest BCUT2D eigenvalue weighted by Gasteiger charge is 2.18. The van der Waals surface area contributed by atoms with Crippen LogP contribution >= 0.6 is 0 Å². The summed E-state index contributed by atoms with van der Waals surface area (Å²) in [7, 11) is 0. The van der Waals surface area contributed by atoms with Crippen LogP contribution in [0, 0.1) is 11.3 Å². The molecule has 0 aliphatic carbocycles. The quantitative estimate of drug-likeness (QED) is 0.879. The fraction of sp³-hybridized carbons (Fsp3) is 0.143. The minimum atomic E-state index is 0.0139. The highest BCUT2D eigenvalue weighted by atomic mass is 16.1. The minimum Gasteiger partial charge on any atom is -0.326 e. The van der Waals surface area contributed by atoms with Gasteiger partial charge in [0.1, 0.15) is 5.82 Å². The second-order valence-corrected chi connectivity index (χ2v) is 4.29. The molecule has 1 N–H and O–H groups in total. The summed E-state index contributed by atoms with van der Waals surface area (Å²) in [6.45, 7) is 0. The van der Waals surface area contributed by atoms with Crippen LogP contribution in [0.3, 0.4) is 0 Å². The number of nitriles is 1. The Morgan fingerprint density at radius 2 is 2.26 bits per heavy atom. The van der Waals surface area contributed by atoms with E-state index in [2.05, 4.69) is 15.3 Å². The average molecular weight is 250 g/mol. The number of carbonyl (C=O) groups is 1. The van der Waals surface area contributed by atoms with E-state index in [9.17, 15) is 4.79 Å². The van der Waals surface area contributed by atoms with Crippen LogP contribution in [0.4, 0.5) is 5.69 Å². The van der Waals surface area contributed by atoms with Crippen LogP contribution < -0.4 is 5.32 Å². The Morgan fingerprint density at radius 1 is 1.37 bits per heavy atom. The number of amides is 1. The van der Waals surface area contributed by atoms with Gasteiger partial charge in [0.2, 0.25) is 5.91 Å². The molecule has 0 spiro atoms. The van der Waals surface area contributed by atoms with Gasteiger partial charge in [0, 0.05) is 17.4 Å². The van der Waals surface area contributed by atoms with Crippen molar-refractivity contribution in [2.75, 3.05) is 5.32 Å². The van der Waals surface area contributed by atoms with Gasteiger partial charge in [-0.2, -0.15) is 5.26 Å². The van der Waals surface area contributed by atoms with Crippen molar-refractivity contribution in [1.29, 1.82) is 5.26 Å². The zero-order valence-corrected chi connectivity index (χ0v) is 10.1. The predicted molar refractivity (Wildman–Crippen MR) is 69.1 cm³/mol. The molecule has 0 bridgehead atoms. The fourth-order valence-electron chi connectivity index (χ4n) is 2.10. The molecule has 0 radical (unpaired) electrons. The number of anilines is 1. The molecule has 5 heteroatoms.